The van der Waals surface area contributed by atoms with Gasteiger partial charge in [0.15, 0.2) is 0 Å². The normalized spacial score (nSPS) is 14.3. The number of benzene rings is 1. The Morgan fingerprint density at radius 1 is 0.914 bits per heavy atom. The van der Waals surface area contributed by atoms with Gasteiger partial charge < -0.3 is 37.6 Å². The lowest BCUT2D eigenvalue weighted by molar-refractivity contribution is -0.142. The van der Waals surface area contributed by atoms with Gasteiger partial charge in [0.1, 0.15) is 18.1 Å². The molecule has 0 spiro atoms. The molecule has 4 atom stereocenters. The molecule has 0 aliphatic carbocycles. The lowest BCUT2D eigenvalue weighted by Crippen LogP contribution is -2.58. The zero-order valence-corrected chi connectivity index (χ0v) is 20.8. The number of rotatable bonds is 17. The molecular formula is C23H37N5O6S. The van der Waals surface area contributed by atoms with Crippen LogP contribution in [0.2, 0.25) is 0 Å². The van der Waals surface area contributed by atoms with Crippen LogP contribution in [0.4, 0.5) is 0 Å². The summed E-state index contributed by atoms with van der Waals surface area (Å²) in [7, 11) is 0. The predicted molar refractivity (Wildman–Crippen MR) is 135 cm³/mol. The highest BCUT2D eigenvalue weighted by Crippen LogP contribution is 2.06. The van der Waals surface area contributed by atoms with E-state index in [9.17, 15) is 29.4 Å². The van der Waals surface area contributed by atoms with Crippen molar-refractivity contribution in [3.05, 3.63) is 35.9 Å². The van der Waals surface area contributed by atoms with Crippen molar-refractivity contribution in [1.82, 2.24) is 16.0 Å². The van der Waals surface area contributed by atoms with Crippen molar-refractivity contribution in [3.63, 3.8) is 0 Å². The van der Waals surface area contributed by atoms with Gasteiger partial charge in [-0.25, -0.2) is 4.79 Å². The summed E-state index contributed by atoms with van der Waals surface area (Å²) in [5.74, 6) is -2.72. The van der Waals surface area contributed by atoms with Crippen LogP contribution in [0.15, 0.2) is 30.3 Å². The topological polar surface area (TPSA) is 197 Å². The molecule has 1 aromatic rings. The summed E-state index contributed by atoms with van der Waals surface area (Å²) in [5.41, 5.74) is 12.3. The SMILES string of the molecule is CSCCC(NC(=O)C(N)Cc1ccccc1)C(=O)NC(CO)C(=O)NC(CCCCN)C(=O)O. The molecule has 0 radical (unpaired) electrons. The molecule has 0 saturated heterocycles. The Bertz CT molecular complexity index is 813. The molecule has 3 amide bonds. The lowest BCUT2D eigenvalue weighted by Gasteiger charge is -2.24. The van der Waals surface area contributed by atoms with Crippen molar-refractivity contribution in [2.45, 2.75) is 56.3 Å². The second-order valence-corrected chi connectivity index (χ2v) is 9.05. The molecule has 11 nitrogen and oxygen atoms in total. The molecule has 0 saturated carbocycles. The van der Waals surface area contributed by atoms with E-state index in [0.29, 0.717) is 25.1 Å². The molecule has 0 heterocycles. The van der Waals surface area contributed by atoms with E-state index in [1.807, 2.05) is 36.6 Å². The maximum absolute atomic E-state index is 12.9. The Balaban J connectivity index is 2.78. The van der Waals surface area contributed by atoms with Gasteiger partial charge in [-0.2, -0.15) is 11.8 Å². The first-order chi connectivity index (χ1) is 16.7. The minimum atomic E-state index is -1.38. The van der Waals surface area contributed by atoms with Crippen LogP contribution >= 0.6 is 11.8 Å². The van der Waals surface area contributed by atoms with Crippen LogP contribution in [-0.2, 0) is 25.6 Å². The van der Waals surface area contributed by atoms with E-state index in [0.717, 1.165) is 5.56 Å². The number of aliphatic hydroxyl groups is 1. The number of amides is 3. The van der Waals surface area contributed by atoms with Crippen LogP contribution in [0, 0.1) is 0 Å². The molecule has 35 heavy (non-hydrogen) atoms. The number of thioether (sulfide) groups is 1. The van der Waals surface area contributed by atoms with E-state index in [-0.39, 0.29) is 19.3 Å². The highest BCUT2D eigenvalue weighted by Gasteiger charge is 2.29. The molecule has 9 N–H and O–H groups in total. The summed E-state index contributed by atoms with van der Waals surface area (Å²) >= 11 is 1.47. The number of carbonyl (C=O) groups is 4. The van der Waals surface area contributed by atoms with Crippen molar-refractivity contribution >= 4 is 35.5 Å². The Morgan fingerprint density at radius 2 is 1.51 bits per heavy atom. The van der Waals surface area contributed by atoms with Gasteiger partial charge in [-0.3, -0.25) is 14.4 Å². The number of hydrogen-bond acceptors (Lipinski definition) is 8. The maximum atomic E-state index is 12.9. The van der Waals surface area contributed by atoms with Crippen LogP contribution in [0.5, 0.6) is 0 Å². The summed E-state index contributed by atoms with van der Waals surface area (Å²) in [5, 5.41) is 26.4. The number of nitrogens with one attached hydrogen (secondary N) is 3. The quantitative estimate of drug-likeness (QED) is 0.128. The molecule has 4 unspecified atom stereocenters. The van der Waals surface area contributed by atoms with Gasteiger partial charge in [-0.1, -0.05) is 30.3 Å². The average molecular weight is 512 g/mol. The number of aliphatic hydroxyl groups excluding tert-OH is 1. The van der Waals surface area contributed by atoms with Gasteiger partial charge in [0.2, 0.25) is 17.7 Å². The van der Waals surface area contributed by atoms with Crippen molar-refractivity contribution in [3.8, 4) is 0 Å². The van der Waals surface area contributed by atoms with E-state index >= 15 is 0 Å². The van der Waals surface area contributed by atoms with E-state index in [1.54, 1.807) is 0 Å². The average Bonchev–Trinajstić information content (AvgIpc) is 2.84. The van der Waals surface area contributed by atoms with Crippen LogP contribution < -0.4 is 27.4 Å². The summed E-state index contributed by atoms with van der Waals surface area (Å²) in [4.78, 5) is 49.5. The van der Waals surface area contributed by atoms with Gasteiger partial charge >= 0.3 is 5.97 Å². The number of carboxylic acid groups (broad SMARTS) is 1. The molecule has 0 fully saturated rings. The highest BCUT2D eigenvalue weighted by atomic mass is 32.2. The second kappa shape index (κ2) is 16.9. The largest absolute Gasteiger partial charge is 0.480 e. The van der Waals surface area contributed by atoms with E-state index < -0.39 is 54.5 Å². The number of carboxylic acids is 1. The predicted octanol–water partition coefficient (Wildman–Crippen LogP) is -1.03. The lowest BCUT2D eigenvalue weighted by atomic mass is 10.1. The number of nitrogens with two attached hydrogens (primary N) is 2. The standard InChI is InChI=1S/C23H37N5O6S/c1-35-12-10-17(26-20(30)16(25)13-15-7-3-2-4-8-15)21(31)28-19(14-29)22(32)27-18(23(33)34)9-5-6-11-24/h2-4,7-8,16-19,29H,5-6,9-14,24-25H2,1H3,(H,26,30)(H,27,32)(H,28,31)(H,33,34). The van der Waals surface area contributed by atoms with Gasteiger partial charge in [0.25, 0.3) is 0 Å². The summed E-state index contributed by atoms with van der Waals surface area (Å²) in [6.07, 6.45) is 3.66. The third-order valence-corrected chi connectivity index (χ3v) is 5.90. The smallest absolute Gasteiger partial charge is 0.326 e. The Labute approximate surface area is 209 Å². The van der Waals surface area contributed by atoms with Gasteiger partial charge in [0.05, 0.1) is 12.6 Å². The zero-order chi connectivity index (χ0) is 26.2. The van der Waals surface area contributed by atoms with Crippen molar-refractivity contribution < 1.29 is 29.4 Å². The summed E-state index contributed by atoms with van der Waals surface area (Å²) < 4.78 is 0. The zero-order valence-electron chi connectivity index (χ0n) is 19.9. The number of hydrogen-bond donors (Lipinski definition) is 7. The molecule has 0 bridgehead atoms. The van der Waals surface area contributed by atoms with Crippen molar-refractivity contribution in [2.24, 2.45) is 11.5 Å². The van der Waals surface area contributed by atoms with Crippen molar-refractivity contribution in [2.75, 3.05) is 25.2 Å². The second-order valence-electron chi connectivity index (χ2n) is 8.07. The fourth-order valence-electron chi connectivity index (χ4n) is 3.23. The van der Waals surface area contributed by atoms with E-state index in [2.05, 4.69) is 16.0 Å². The van der Waals surface area contributed by atoms with Crippen LogP contribution in [0.25, 0.3) is 0 Å². The van der Waals surface area contributed by atoms with Gasteiger partial charge in [-0.15, -0.1) is 0 Å². The maximum Gasteiger partial charge on any atom is 0.326 e. The molecular weight excluding hydrogens is 474 g/mol. The van der Waals surface area contributed by atoms with Crippen LogP contribution in [0.3, 0.4) is 0 Å². The van der Waals surface area contributed by atoms with Crippen molar-refractivity contribution in [1.29, 1.82) is 0 Å². The van der Waals surface area contributed by atoms with Crippen LogP contribution in [-0.4, -0.2) is 83.2 Å². The fraction of sp³-hybridized carbons (Fsp3) is 0.565. The monoisotopic (exact) mass is 511 g/mol. The molecule has 12 heteroatoms. The molecule has 0 aromatic heterocycles. The number of carbonyl (C=O) groups excluding carboxylic acids is 3. The highest BCUT2D eigenvalue weighted by molar-refractivity contribution is 7.98. The molecule has 1 aromatic carbocycles. The molecule has 0 aliphatic heterocycles. The van der Waals surface area contributed by atoms with Gasteiger partial charge in [0, 0.05) is 0 Å². The Morgan fingerprint density at radius 3 is 2.09 bits per heavy atom. The summed E-state index contributed by atoms with van der Waals surface area (Å²) in [6.45, 7) is -0.350. The number of unbranched alkanes of at least 4 members (excludes halogenated alkanes) is 1. The third kappa shape index (κ3) is 11.5. The third-order valence-electron chi connectivity index (χ3n) is 5.26. The van der Waals surface area contributed by atoms with E-state index in [4.69, 9.17) is 11.5 Å². The first-order valence-electron chi connectivity index (χ1n) is 11.5. The molecule has 1 rings (SSSR count). The minimum Gasteiger partial charge on any atom is -0.480 e. The Kier molecular flexibility index (Phi) is 14.6. The molecule has 0 aliphatic rings. The fourth-order valence-corrected chi connectivity index (χ4v) is 3.70. The number of aliphatic carboxylic acids is 1. The van der Waals surface area contributed by atoms with E-state index in [1.165, 1.54) is 11.8 Å². The minimum absolute atomic E-state index is 0.163. The first-order valence-corrected chi connectivity index (χ1v) is 12.9. The van der Waals surface area contributed by atoms with Gasteiger partial charge in [-0.05, 0) is 56.2 Å². The first kappa shape index (κ1) is 30.4. The van der Waals surface area contributed by atoms with Crippen LogP contribution in [0.1, 0.15) is 31.2 Å². The molecule has 196 valence electrons. The Hall–Kier alpha value is -2.67. The summed E-state index contributed by atoms with van der Waals surface area (Å²) in [6, 6.07) is 4.77.